The number of carbonyl (C=O) groups excluding carboxylic acids is 1. The third kappa shape index (κ3) is 2.04. The van der Waals surface area contributed by atoms with Crippen LogP contribution in [0.4, 0.5) is 0 Å². The van der Waals surface area contributed by atoms with Gasteiger partial charge in [-0.1, -0.05) is 0 Å². The van der Waals surface area contributed by atoms with Crippen LogP contribution in [-0.4, -0.2) is 17.6 Å². The highest BCUT2D eigenvalue weighted by Gasteiger charge is 2.16. The summed E-state index contributed by atoms with van der Waals surface area (Å²) in [5.74, 6) is -0.272. The Labute approximate surface area is 91.0 Å². The lowest BCUT2D eigenvalue weighted by Gasteiger charge is -1.99. The van der Waals surface area contributed by atoms with Crippen LogP contribution in [0.25, 0.3) is 0 Å². The van der Waals surface area contributed by atoms with E-state index in [1.54, 1.807) is 6.92 Å². The Hall–Kier alpha value is -0.520. The number of hydrogen-bond donors (Lipinski definition) is 1. The van der Waals surface area contributed by atoms with Crippen molar-refractivity contribution in [2.75, 3.05) is 6.61 Å². The second-order valence-electron chi connectivity index (χ2n) is 2.78. The van der Waals surface area contributed by atoms with E-state index in [9.17, 15) is 4.79 Å². The van der Waals surface area contributed by atoms with E-state index in [-0.39, 0.29) is 5.97 Å². The smallest absolute Gasteiger partial charge is 0.355 e. The third-order valence-corrected chi connectivity index (χ3v) is 3.44. The quantitative estimate of drug-likeness (QED) is 0.672. The molecular formula is C9H12INO2. The van der Waals surface area contributed by atoms with Crippen LogP contribution in [0.3, 0.4) is 0 Å². The van der Waals surface area contributed by atoms with Crippen molar-refractivity contribution in [3.8, 4) is 0 Å². The first-order valence-electron chi connectivity index (χ1n) is 4.09. The van der Waals surface area contributed by atoms with Crippen molar-refractivity contribution in [2.45, 2.75) is 20.8 Å². The van der Waals surface area contributed by atoms with Gasteiger partial charge in [0.05, 0.1) is 6.61 Å². The molecule has 0 aliphatic rings. The van der Waals surface area contributed by atoms with Gasteiger partial charge in [-0.3, -0.25) is 0 Å². The summed E-state index contributed by atoms with van der Waals surface area (Å²) in [6.45, 7) is 6.07. The Bertz CT molecular complexity index is 331. The summed E-state index contributed by atoms with van der Waals surface area (Å²) in [4.78, 5) is 14.4. The molecule has 0 spiro atoms. The maximum atomic E-state index is 11.4. The molecule has 1 N–H and O–H groups in total. The maximum absolute atomic E-state index is 11.4. The van der Waals surface area contributed by atoms with E-state index in [0.717, 1.165) is 14.8 Å². The van der Waals surface area contributed by atoms with Gasteiger partial charge in [0, 0.05) is 9.26 Å². The number of esters is 1. The second kappa shape index (κ2) is 4.13. The monoisotopic (exact) mass is 293 g/mol. The van der Waals surface area contributed by atoms with Gasteiger partial charge in [-0.25, -0.2) is 4.79 Å². The molecule has 0 aromatic carbocycles. The van der Waals surface area contributed by atoms with Crippen molar-refractivity contribution in [1.82, 2.24) is 4.98 Å². The van der Waals surface area contributed by atoms with Crippen LogP contribution < -0.4 is 0 Å². The fourth-order valence-corrected chi connectivity index (χ4v) is 1.54. The van der Waals surface area contributed by atoms with Gasteiger partial charge in [-0.2, -0.15) is 0 Å². The number of halogens is 1. The maximum Gasteiger partial charge on any atom is 0.355 e. The van der Waals surface area contributed by atoms with Crippen molar-refractivity contribution in [3.05, 3.63) is 20.5 Å². The van der Waals surface area contributed by atoms with E-state index in [0.29, 0.717) is 12.3 Å². The number of carbonyl (C=O) groups is 1. The molecule has 0 saturated carbocycles. The van der Waals surface area contributed by atoms with Gasteiger partial charge in [-0.15, -0.1) is 0 Å². The lowest BCUT2D eigenvalue weighted by Crippen LogP contribution is -2.06. The Morgan fingerprint density at radius 1 is 1.54 bits per heavy atom. The molecule has 3 nitrogen and oxygen atoms in total. The number of ether oxygens (including phenoxy) is 1. The minimum Gasteiger partial charge on any atom is -0.461 e. The van der Waals surface area contributed by atoms with Crippen LogP contribution in [0.15, 0.2) is 0 Å². The summed E-state index contributed by atoms with van der Waals surface area (Å²) in [7, 11) is 0. The van der Waals surface area contributed by atoms with Crippen molar-refractivity contribution in [1.29, 1.82) is 0 Å². The zero-order valence-electron chi connectivity index (χ0n) is 7.90. The van der Waals surface area contributed by atoms with Crippen LogP contribution >= 0.6 is 22.6 Å². The van der Waals surface area contributed by atoms with E-state index < -0.39 is 0 Å². The molecule has 13 heavy (non-hydrogen) atoms. The highest BCUT2D eigenvalue weighted by atomic mass is 127. The first-order valence-corrected chi connectivity index (χ1v) is 5.17. The molecule has 1 rings (SSSR count). The number of aryl methyl sites for hydroxylation is 1. The van der Waals surface area contributed by atoms with E-state index >= 15 is 0 Å². The molecule has 72 valence electrons. The first-order chi connectivity index (χ1) is 6.07. The van der Waals surface area contributed by atoms with Crippen molar-refractivity contribution < 1.29 is 9.53 Å². The second-order valence-corrected chi connectivity index (χ2v) is 3.86. The third-order valence-electron chi connectivity index (χ3n) is 1.83. The summed E-state index contributed by atoms with van der Waals surface area (Å²) in [6, 6.07) is 0. The van der Waals surface area contributed by atoms with Gasteiger partial charge in [0.25, 0.3) is 0 Å². The summed E-state index contributed by atoms with van der Waals surface area (Å²) < 4.78 is 6.00. The molecular weight excluding hydrogens is 281 g/mol. The average Bonchev–Trinajstić information content (AvgIpc) is 2.33. The van der Waals surface area contributed by atoms with Crippen molar-refractivity contribution >= 4 is 28.6 Å². The van der Waals surface area contributed by atoms with E-state index in [1.165, 1.54) is 0 Å². The van der Waals surface area contributed by atoms with Gasteiger partial charge in [-0.05, 0) is 48.9 Å². The molecule has 0 fully saturated rings. The molecule has 0 radical (unpaired) electrons. The minimum atomic E-state index is -0.272. The summed E-state index contributed by atoms with van der Waals surface area (Å²) in [5.41, 5.74) is 2.56. The van der Waals surface area contributed by atoms with Crippen LogP contribution in [0.5, 0.6) is 0 Å². The Balaban J connectivity index is 3.01. The Kier molecular flexibility index (Phi) is 3.35. The highest BCUT2D eigenvalue weighted by molar-refractivity contribution is 14.1. The lowest BCUT2D eigenvalue weighted by atomic mass is 10.2. The molecule has 1 aromatic heterocycles. The molecule has 0 saturated heterocycles. The average molecular weight is 293 g/mol. The molecule has 0 atom stereocenters. The fourth-order valence-electron chi connectivity index (χ4n) is 1.13. The number of aromatic amines is 1. The topological polar surface area (TPSA) is 42.1 Å². The van der Waals surface area contributed by atoms with Crippen LogP contribution in [0.1, 0.15) is 28.7 Å². The number of H-pyrrole nitrogens is 1. The van der Waals surface area contributed by atoms with Gasteiger partial charge in [0.2, 0.25) is 0 Å². The van der Waals surface area contributed by atoms with Crippen molar-refractivity contribution in [3.63, 3.8) is 0 Å². The molecule has 1 heterocycles. The number of nitrogens with one attached hydrogen (secondary N) is 1. The highest BCUT2D eigenvalue weighted by Crippen LogP contribution is 2.20. The molecule has 1 aromatic rings. The van der Waals surface area contributed by atoms with Crippen molar-refractivity contribution in [2.24, 2.45) is 0 Å². The summed E-state index contributed by atoms with van der Waals surface area (Å²) in [5, 5.41) is 0. The minimum absolute atomic E-state index is 0.272. The van der Waals surface area contributed by atoms with Crippen LogP contribution in [-0.2, 0) is 4.74 Å². The van der Waals surface area contributed by atoms with Crippen LogP contribution in [0.2, 0.25) is 0 Å². The number of hydrogen-bond acceptors (Lipinski definition) is 2. The standard InChI is InChI=1S/C9H12INO2/c1-4-13-9(12)8-5(2)7(10)6(3)11-8/h11H,4H2,1-3H3. The largest absolute Gasteiger partial charge is 0.461 e. The van der Waals surface area contributed by atoms with E-state index in [2.05, 4.69) is 27.6 Å². The zero-order chi connectivity index (χ0) is 10.0. The normalized spacial score (nSPS) is 10.2. The molecule has 0 unspecified atom stereocenters. The van der Waals surface area contributed by atoms with Gasteiger partial charge in [0.1, 0.15) is 5.69 Å². The molecule has 0 amide bonds. The van der Waals surface area contributed by atoms with Gasteiger partial charge >= 0.3 is 5.97 Å². The fraction of sp³-hybridized carbons (Fsp3) is 0.444. The summed E-state index contributed by atoms with van der Waals surface area (Å²) >= 11 is 2.21. The molecule has 0 aliphatic carbocycles. The molecule has 0 bridgehead atoms. The molecule has 0 aliphatic heterocycles. The SMILES string of the molecule is CCOC(=O)c1[nH]c(C)c(I)c1C. The number of aromatic nitrogens is 1. The lowest BCUT2D eigenvalue weighted by molar-refractivity contribution is 0.0519. The number of rotatable bonds is 2. The van der Waals surface area contributed by atoms with E-state index in [4.69, 9.17) is 4.74 Å². The predicted molar refractivity (Wildman–Crippen MR) is 58.9 cm³/mol. The first kappa shape index (κ1) is 10.6. The summed E-state index contributed by atoms with van der Waals surface area (Å²) in [6.07, 6.45) is 0. The predicted octanol–water partition coefficient (Wildman–Crippen LogP) is 2.41. The van der Waals surface area contributed by atoms with Gasteiger partial charge in [0.15, 0.2) is 0 Å². The van der Waals surface area contributed by atoms with Gasteiger partial charge < -0.3 is 9.72 Å². The molecule has 4 heteroatoms. The Morgan fingerprint density at radius 2 is 2.15 bits per heavy atom. The van der Waals surface area contributed by atoms with E-state index in [1.807, 2.05) is 13.8 Å². The zero-order valence-corrected chi connectivity index (χ0v) is 10.1. The Morgan fingerprint density at radius 3 is 2.54 bits per heavy atom. The van der Waals surface area contributed by atoms with Crippen LogP contribution in [0, 0.1) is 17.4 Å².